The molecule has 0 aromatic heterocycles. The van der Waals surface area contributed by atoms with Gasteiger partial charge in [-0.25, -0.2) is 4.79 Å². The molecule has 0 aliphatic heterocycles. The van der Waals surface area contributed by atoms with Crippen molar-refractivity contribution in [1.29, 1.82) is 0 Å². The SMILES string of the molecule is CCC(C)Sc1ccc(C(F)(F)F)c(C(=O)O)c1. The summed E-state index contributed by atoms with van der Waals surface area (Å²) in [7, 11) is 0. The summed E-state index contributed by atoms with van der Waals surface area (Å²) in [5, 5.41) is 9.06. The molecule has 0 radical (unpaired) electrons. The van der Waals surface area contributed by atoms with Gasteiger partial charge in [-0.15, -0.1) is 11.8 Å². The van der Waals surface area contributed by atoms with Crippen LogP contribution in [-0.4, -0.2) is 16.3 Å². The minimum Gasteiger partial charge on any atom is -0.478 e. The molecular formula is C12H13F3O2S. The Labute approximate surface area is 107 Å². The van der Waals surface area contributed by atoms with Crippen LogP contribution in [0, 0.1) is 0 Å². The zero-order valence-corrected chi connectivity index (χ0v) is 10.7. The van der Waals surface area contributed by atoms with Crippen molar-refractivity contribution in [2.24, 2.45) is 0 Å². The molecular weight excluding hydrogens is 265 g/mol. The summed E-state index contributed by atoms with van der Waals surface area (Å²) in [5.74, 6) is -1.56. The standard InChI is InChI=1S/C12H13F3O2S/c1-3-7(2)18-8-4-5-10(12(13,14)15)9(6-8)11(16)17/h4-7H,3H2,1-2H3,(H,16,17). The molecule has 0 aliphatic carbocycles. The Hall–Kier alpha value is -1.17. The van der Waals surface area contributed by atoms with Crippen molar-refractivity contribution in [2.75, 3.05) is 0 Å². The van der Waals surface area contributed by atoms with Gasteiger partial charge in [-0.2, -0.15) is 13.2 Å². The lowest BCUT2D eigenvalue weighted by molar-refractivity contribution is -0.138. The van der Waals surface area contributed by atoms with Gasteiger partial charge in [0.05, 0.1) is 11.1 Å². The van der Waals surface area contributed by atoms with Gasteiger partial charge in [-0.1, -0.05) is 13.8 Å². The van der Waals surface area contributed by atoms with Gasteiger partial charge in [-0.3, -0.25) is 0 Å². The third kappa shape index (κ3) is 3.66. The fraction of sp³-hybridized carbons (Fsp3) is 0.417. The van der Waals surface area contributed by atoms with Crippen LogP contribution in [-0.2, 0) is 6.18 Å². The molecule has 18 heavy (non-hydrogen) atoms. The topological polar surface area (TPSA) is 37.3 Å². The Morgan fingerprint density at radius 3 is 2.50 bits per heavy atom. The Morgan fingerprint density at radius 2 is 2.06 bits per heavy atom. The van der Waals surface area contributed by atoms with Crippen LogP contribution in [0.4, 0.5) is 13.2 Å². The Kier molecular flexibility index (Phi) is 4.67. The first-order valence-corrected chi connectivity index (χ1v) is 6.24. The molecule has 2 nitrogen and oxygen atoms in total. The number of hydrogen-bond acceptors (Lipinski definition) is 2. The molecule has 1 aromatic rings. The molecule has 1 N–H and O–H groups in total. The predicted molar refractivity (Wildman–Crippen MR) is 64.0 cm³/mol. The lowest BCUT2D eigenvalue weighted by Gasteiger charge is -2.13. The summed E-state index contributed by atoms with van der Waals surface area (Å²) in [6.45, 7) is 3.89. The van der Waals surface area contributed by atoms with Gasteiger partial charge >= 0.3 is 12.1 Å². The summed E-state index contributed by atoms with van der Waals surface area (Å²) in [6.07, 6.45) is -3.79. The highest BCUT2D eigenvalue weighted by Gasteiger charge is 2.35. The van der Waals surface area contributed by atoms with E-state index in [-0.39, 0.29) is 5.25 Å². The number of benzene rings is 1. The number of carboxylic acid groups (broad SMARTS) is 1. The van der Waals surface area contributed by atoms with Crippen molar-refractivity contribution < 1.29 is 23.1 Å². The zero-order chi connectivity index (χ0) is 13.9. The number of alkyl halides is 3. The highest BCUT2D eigenvalue weighted by Crippen LogP contribution is 2.35. The van der Waals surface area contributed by atoms with Crippen LogP contribution in [0.1, 0.15) is 36.2 Å². The first-order chi connectivity index (χ1) is 8.25. The average Bonchev–Trinajstić information content (AvgIpc) is 2.27. The van der Waals surface area contributed by atoms with Crippen LogP contribution >= 0.6 is 11.8 Å². The molecule has 1 rings (SSSR count). The Morgan fingerprint density at radius 1 is 1.44 bits per heavy atom. The highest BCUT2D eigenvalue weighted by molar-refractivity contribution is 7.99. The maximum absolute atomic E-state index is 12.6. The van der Waals surface area contributed by atoms with Gasteiger partial charge in [0.2, 0.25) is 0 Å². The monoisotopic (exact) mass is 278 g/mol. The normalized spacial score (nSPS) is 13.4. The van der Waals surface area contributed by atoms with Crippen LogP contribution in [0.5, 0.6) is 0 Å². The number of rotatable bonds is 4. The van der Waals surface area contributed by atoms with Crippen LogP contribution in [0.3, 0.4) is 0 Å². The second-order valence-corrected chi connectivity index (χ2v) is 5.36. The van der Waals surface area contributed by atoms with Crippen molar-refractivity contribution in [2.45, 2.75) is 36.6 Å². The fourth-order valence-corrected chi connectivity index (χ4v) is 2.30. The van der Waals surface area contributed by atoms with Gasteiger partial charge in [0.15, 0.2) is 0 Å². The van der Waals surface area contributed by atoms with Crippen LogP contribution in [0.15, 0.2) is 23.1 Å². The summed E-state index contributed by atoms with van der Waals surface area (Å²) in [4.78, 5) is 11.4. The molecule has 0 heterocycles. The van der Waals surface area contributed by atoms with Crippen LogP contribution in [0.25, 0.3) is 0 Å². The quantitative estimate of drug-likeness (QED) is 0.835. The van der Waals surface area contributed by atoms with Crippen molar-refractivity contribution >= 4 is 17.7 Å². The minimum atomic E-state index is -4.65. The fourth-order valence-electron chi connectivity index (χ4n) is 1.34. The van der Waals surface area contributed by atoms with Crippen LogP contribution < -0.4 is 0 Å². The minimum absolute atomic E-state index is 0.225. The number of aromatic carboxylic acids is 1. The molecule has 1 aromatic carbocycles. The lowest BCUT2D eigenvalue weighted by Crippen LogP contribution is -2.13. The van der Waals surface area contributed by atoms with Gasteiger partial charge in [0.25, 0.3) is 0 Å². The van der Waals surface area contributed by atoms with E-state index in [9.17, 15) is 18.0 Å². The van der Waals surface area contributed by atoms with Crippen molar-refractivity contribution in [3.8, 4) is 0 Å². The molecule has 1 unspecified atom stereocenters. The molecule has 0 bridgehead atoms. The van der Waals surface area contributed by atoms with E-state index >= 15 is 0 Å². The molecule has 0 saturated carbocycles. The summed E-state index contributed by atoms with van der Waals surface area (Å²) < 4.78 is 37.8. The molecule has 0 amide bonds. The van der Waals surface area contributed by atoms with Crippen molar-refractivity contribution in [1.82, 2.24) is 0 Å². The molecule has 6 heteroatoms. The molecule has 0 spiro atoms. The van der Waals surface area contributed by atoms with E-state index in [1.807, 2.05) is 13.8 Å². The molecule has 0 saturated heterocycles. The number of thioether (sulfide) groups is 1. The second-order valence-electron chi connectivity index (χ2n) is 3.85. The molecule has 0 aliphatic rings. The third-order valence-electron chi connectivity index (χ3n) is 2.44. The largest absolute Gasteiger partial charge is 0.478 e. The maximum Gasteiger partial charge on any atom is 0.417 e. The highest BCUT2D eigenvalue weighted by atomic mass is 32.2. The summed E-state index contributed by atoms with van der Waals surface area (Å²) in [5.41, 5.74) is -1.81. The number of hydrogen-bond donors (Lipinski definition) is 1. The number of carboxylic acids is 1. The Balaban J connectivity index is 3.16. The number of halogens is 3. The van der Waals surface area contributed by atoms with E-state index in [1.165, 1.54) is 17.8 Å². The second kappa shape index (κ2) is 5.65. The van der Waals surface area contributed by atoms with E-state index in [4.69, 9.17) is 5.11 Å². The average molecular weight is 278 g/mol. The van der Waals surface area contributed by atoms with Gasteiger partial charge in [0.1, 0.15) is 0 Å². The first kappa shape index (κ1) is 14.9. The van der Waals surface area contributed by atoms with Gasteiger partial charge in [0, 0.05) is 10.1 Å². The maximum atomic E-state index is 12.6. The van der Waals surface area contributed by atoms with E-state index in [0.717, 1.165) is 18.6 Å². The lowest BCUT2D eigenvalue weighted by atomic mass is 10.1. The number of carbonyl (C=O) groups is 1. The van der Waals surface area contributed by atoms with Crippen molar-refractivity contribution in [3.63, 3.8) is 0 Å². The first-order valence-electron chi connectivity index (χ1n) is 5.37. The van der Waals surface area contributed by atoms with Crippen molar-refractivity contribution in [3.05, 3.63) is 29.3 Å². The molecule has 1 atom stereocenters. The van der Waals surface area contributed by atoms with Crippen LogP contribution in [0.2, 0.25) is 0 Å². The summed E-state index contributed by atoms with van der Waals surface area (Å²) >= 11 is 1.36. The summed E-state index contributed by atoms with van der Waals surface area (Å²) in [6, 6.07) is 3.22. The predicted octanol–water partition coefficient (Wildman–Crippen LogP) is 4.29. The van der Waals surface area contributed by atoms with Gasteiger partial charge in [-0.05, 0) is 24.6 Å². The smallest absolute Gasteiger partial charge is 0.417 e. The molecule has 100 valence electrons. The molecule has 0 fully saturated rings. The van der Waals surface area contributed by atoms with E-state index < -0.39 is 23.3 Å². The van der Waals surface area contributed by atoms with E-state index in [0.29, 0.717) is 4.90 Å². The Bertz CT molecular complexity index is 443. The zero-order valence-electron chi connectivity index (χ0n) is 9.91. The van der Waals surface area contributed by atoms with Gasteiger partial charge < -0.3 is 5.11 Å². The third-order valence-corrected chi connectivity index (χ3v) is 3.70. The van der Waals surface area contributed by atoms with E-state index in [2.05, 4.69) is 0 Å². The van der Waals surface area contributed by atoms with E-state index in [1.54, 1.807) is 0 Å².